The van der Waals surface area contributed by atoms with Crippen LogP contribution in [0.1, 0.15) is 28.0 Å². The smallest absolute Gasteiger partial charge is 0.342 e. The molecule has 1 aromatic heterocycles. The minimum Gasteiger partial charge on any atom is -0.457 e. The van der Waals surface area contributed by atoms with Crippen LogP contribution in [0.5, 0.6) is 0 Å². The number of aromatic nitrogens is 2. The molecule has 0 spiro atoms. The van der Waals surface area contributed by atoms with Gasteiger partial charge in [0.2, 0.25) is 0 Å². The van der Waals surface area contributed by atoms with Gasteiger partial charge >= 0.3 is 5.97 Å². The van der Waals surface area contributed by atoms with Gasteiger partial charge in [-0.05, 0) is 18.4 Å². The fourth-order valence-corrected chi connectivity index (χ4v) is 3.14. The van der Waals surface area contributed by atoms with Gasteiger partial charge in [-0.3, -0.25) is 4.68 Å². The number of carbonyl (C=O) groups excluding carboxylic acids is 1. The largest absolute Gasteiger partial charge is 0.457 e. The third-order valence-electron chi connectivity index (χ3n) is 4.31. The molecule has 1 aliphatic rings. The molecule has 0 N–H and O–H groups in total. The highest BCUT2D eigenvalue weighted by atomic mass is 16.5. The second kappa shape index (κ2) is 6.32. The van der Waals surface area contributed by atoms with E-state index in [2.05, 4.69) is 5.10 Å². The van der Waals surface area contributed by atoms with E-state index in [0.29, 0.717) is 5.56 Å². The minimum absolute atomic E-state index is 0.276. The van der Waals surface area contributed by atoms with E-state index in [1.807, 2.05) is 65.3 Å². The molecule has 0 amide bonds. The van der Waals surface area contributed by atoms with Gasteiger partial charge < -0.3 is 4.74 Å². The summed E-state index contributed by atoms with van der Waals surface area (Å²) in [4.78, 5) is 12.8. The van der Waals surface area contributed by atoms with Crippen LogP contribution in [0, 0.1) is 0 Å². The number of aryl methyl sites for hydroxylation is 1. The Kier molecular flexibility index (Phi) is 3.87. The highest BCUT2D eigenvalue weighted by Crippen LogP contribution is 2.30. The molecule has 0 bridgehead atoms. The Morgan fingerprint density at radius 1 is 1.04 bits per heavy atom. The average Bonchev–Trinajstić information content (AvgIpc) is 3.22. The first kappa shape index (κ1) is 14.7. The number of carbonyl (C=O) groups is 1. The molecule has 0 unspecified atom stereocenters. The van der Waals surface area contributed by atoms with Crippen molar-refractivity contribution in [3.8, 4) is 11.3 Å². The first-order valence-corrected chi connectivity index (χ1v) is 8.19. The van der Waals surface area contributed by atoms with E-state index >= 15 is 0 Å². The number of rotatable bonds is 4. The molecule has 0 fully saturated rings. The maximum atomic E-state index is 12.8. The van der Waals surface area contributed by atoms with Crippen LogP contribution >= 0.6 is 0 Å². The normalized spacial score (nSPS) is 12.8. The predicted molar refractivity (Wildman–Crippen MR) is 91.5 cm³/mol. The zero-order valence-electron chi connectivity index (χ0n) is 13.3. The van der Waals surface area contributed by atoms with Gasteiger partial charge in [0, 0.05) is 12.1 Å². The molecule has 0 atom stereocenters. The molecular formula is C20H18N2O2. The van der Waals surface area contributed by atoms with Crippen molar-refractivity contribution in [1.29, 1.82) is 0 Å². The Morgan fingerprint density at radius 3 is 2.50 bits per heavy atom. The number of benzene rings is 2. The first-order chi connectivity index (χ1) is 11.8. The predicted octanol–water partition coefficient (Wildman–Crippen LogP) is 3.85. The molecule has 24 heavy (non-hydrogen) atoms. The molecule has 4 nitrogen and oxygen atoms in total. The van der Waals surface area contributed by atoms with Gasteiger partial charge in [0.25, 0.3) is 0 Å². The summed E-state index contributed by atoms with van der Waals surface area (Å²) in [7, 11) is 0. The first-order valence-electron chi connectivity index (χ1n) is 8.19. The lowest BCUT2D eigenvalue weighted by Gasteiger charge is -2.07. The third-order valence-corrected chi connectivity index (χ3v) is 4.31. The molecule has 4 rings (SSSR count). The molecule has 0 saturated heterocycles. The highest BCUT2D eigenvalue weighted by Gasteiger charge is 2.28. The summed E-state index contributed by atoms with van der Waals surface area (Å²) in [5, 5.41) is 4.65. The second-order valence-corrected chi connectivity index (χ2v) is 5.92. The quantitative estimate of drug-likeness (QED) is 0.686. The van der Waals surface area contributed by atoms with Gasteiger partial charge in [-0.25, -0.2) is 4.79 Å². The van der Waals surface area contributed by atoms with Gasteiger partial charge in [0.15, 0.2) is 0 Å². The van der Waals surface area contributed by atoms with Crippen LogP contribution in [0.2, 0.25) is 0 Å². The van der Waals surface area contributed by atoms with Crippen molar-refractivity contribution in [2.75, 3.05) is 0 Å². The number of esters is 1. The number of hydrogen-bond acceptors (Lipinski definition) is 3. The van der Waals surface area contributed by atoms with E-state index < -0.39 is 0 Å². The van der Waals surface area contributed by atoms with Gasteiger partial charge in [-0.1, -0.05) is 60.7 Å². The molecule has 120 valence electrons. The number of hydrogen-bond donors (Lipinski definition) is 0. The molecule has 4 heteroatoms. The maximum absolute atomic E-state index is 12.8. The van der Waals surface area contributed by atoms with E-state index in [0.717, 1.165) is 41.9 Å². The van der Waals surface area contributed by atoms with Gasteiger partial charge in [0.05, 0.1) is 5.69 Å². The third kappa shape index (κ3) is 2.71. The molecule has 2 heterocycles. The summed E-state index contributed by atoms with van der Waals surface area (Å²) < 4.78 is 7.51. The van der Waals surface area contributed by atoms with Crippen molar-refractivity contribution in [2.24, 2.45) is 0 Å². The van der Waals surface area contributed by atoms with E-state index in [-0.39, 0.29) is 12.6 Å². The van der Waals surface area contributed by atoms with Crippen molar-refractivity contribution in [1.82, 2.24) is 9.78 Å². The fourth-order valence-electron chi connectivity index (χ4n) is 3.14. The molecular weight excluding hydrogens is 300 g/mol. The molecule has 0 aliphatic carbocycles. The zero-order chi connectivity index (χ0) is 16.4. The Balaban J connectivity index is 1.65. The Hall–Kier alpha value is -2.88. The Labute approximate surface area is 140 Å². The van der Waals surface area contributed by atoms with Crippen LogP contribution in [0.25, 0.3) is 11.3 Å². The van der Waals surface area contributed by atoms with Crippen molar-refractivity contribution < 1.29 is 9.53 Å². The second-order valence-electron chi connectivity index (χ2n) is 5.92. The standard InChI is InChI=1S/C20H18N2O2/c23-20(24-14-15-8-3-1-4-9-15)18-17-12-7-13-22(17)21-19(18)16-10-5-2-6-11-16/h1-6,8-11H,7,12-14H2. The SMILES string of the molecule is O=C(OCc1ccccc1)c1c(-c2ccccc2)nn2c1CCC2. The Morgan fingerprint density at radius 2 is 1.75 bits per heavy atom. The van der Waals surface area contributed by atoms with Crippen LogP contribution in [0.4, 0.5) is 0 Å². The van der Waals surface area contributed by atoms with Crippen molar-refractivity contribution >= 4 is 5.97 Å². The zero-order valence-corrected chi connectivity index (χ0v) is 13.3. The summed E-state index contributed by atoms with van der Waals surface area (Å²) in [5.41, 5.74) is 4.27. The number of fused-ring (bicyclic) bond motifs is 1. The van der Waals surface area contributed by atoms with Crippen LogP contribution < -0.4 is 0 Å². The maximum Gasteiger partial charge on any atom is 0.342 e. The lowest BCUT2D eigenvalue weighted by Crippen LogP contribution is -2.08. The van der Waals surface area contributed by atoms with Gasteiger partial charge in [-0.15, -0.1) is 0 Å². The lowest BCUT2D eigenvalue weighted by molar-refractivity contribution is 0.0472. The molecule has 2 aromatic carbocycles. The summed E-state index contributed by atoms with van der Waals surface area (Å²) in [6.45, 7) is 1.14. The van der Waals surface area contributed by atoms with Crippen molar-refractivity contribution in [3.05, 3.63) is 77.5 Å². The summed E-state index contributed by atoms with van der Waals surface area (Å²) in [6.07, 6.45) is 1.89. The molecule has 0 saturated carbocycles. The van der Waals surface area contributed by atoms with Crippen LogP contribution in [-0.4, -0.2) is 15.7 Å². The number of ether oxygens (including phenoxy) is 1. The highest BCUT2D eigenvalue weighted by molar-refractivity contribution is 5.97. The average molecular weight is 318 g/mol. The molecule has 1 aliphatic heterocycles. The minimum atomic E-state index is -0.291. The van der Waals surface area contributed by atoms with Gasteiger partial charge in [-0.2, -0.15) is 5.10 Å². The fraction of sp³-hybridized carbons (Fsp3) is 0.200. The van der Waals surface area contributed by atoms with Crippen molar-refractivity contribution in [3.63, 3.8) is 0 Å². The Bertz CT molecular complexity index is 854. The van der Waals surface area contributed by atoms with E-state index in [9.17, 15) is 4.79 Å². The van der Waals surface area contributed by atoms with Gasteiger partial charge in [0.1, 0.15) is 17.9 Å². The summed E-state index contributed by atoms with van der Waals surface area (Å²) in [5.74, 6) is -0.291. The van der Waals surface area contributed by atoms with E-state index in [4.69, 9.17) is 4.74 Å². The van der Waals surface area contributed by atoms with E-state index in [1.54, 1.807) is 0 Å². The topological polar surface area (TPSA) is 44.1 Å². The van der Waals surface area contributed by atoms with Crippen LogP contribution in [-0.2, 0) is 24.3 Å². The molecule has 0 radical (unpaired) electrons. The van der Waals surface area contributed by atoms with Crippen LogP contribution in [0.15, 0.2) is 60.7 Å². The number of nitrogens with zero attached hydrogens (tertiary/aromatic N) is 2. The van der Waals surface area contributed by atoms with Crippen LogP contribution in [0.3, 0.4) is 0 Å². The monoisotopic (exact) mass is 318 g/mol. The molecule has 3 aromatic rings. The van der Waals surface area contributed by atoms with E-state index in [1.165, 1.54) is 0 Å². The lowest BCUT2D eigenvalue weighted by atomic mass is 10.0. The summed E-state index contributed by atoms with van der Waals surface area (Å²) >= 11 is 0. The van der Waals surface area contributed by atoms with Crippen molar-refractivity contribution in [2.45, 2.75) is 26.0 Å². The summed E-state index contributed by atoms with van der Waals surface area (Å²) in [6, 6.07) is 19.6.